The molecule has 0 bridgehead atoms. The lowest BCUT2D eigenvalue weighted by molar-refractivity contribution is 0.0849. The number of para-hydroxylation sites is 1. The highest BCUT2D eigenvalue weighted by molar-refractivity contribution is 7.17. The van der Waals surface area contributed by atoms with Gasteiger partial charge in [0, 0.05) is 11.6 Å². The van der Waals surface area contributed by atoms with Crippen molar-refractivity contribution in [2.45, 2.75) is 6.92 Å². The summed E-state index contributed by atoms with van der Waals surface area (Å²) in [6.07, 6.45) is 3.21. The van der Waals surface area contributed by atoms with Crippen LogP contribution in [0.2, 0.25) is 0 Å². The van der Waals surface area contributed by atoms with Crippen molar-refractivity contribution in [3.63, 3.8) is 0 Å². The van der Waals surface area contributed by atoms with E-state index >= 15 is 0 Å². The Labute approximate surface area is 192 Å². The van der Waals surface area contributed by atoms with Crippen LogP contribution in [0, 0.1) is 6.92 Å². The van der Waals surface area contributed by atoms with Crippen molar-refractivity contribution < 1.29 is 14.0 Å². The van der Waals surface area contributed by atoms with Gasteiger partial charge in [-0.2, -0.15) is 0 Å². The van der Waals surface area contributed by atoms with Crippen molar-refractivity contribution in [1.29, 1.82) is 0 Å². The third kappa shape index (κ3) is 4.09. The number of hydrazine groups is 1. The number of nitrogens with zero attached hydrogens (tertiary/aromatic N) is 3. The van der Waals surface area contributed by atoms with Crippen LogP contribution in [0.15, 0.2) is 77.5 Å². The van der Waals surface area contributed by atoms with Crippen LogP contribution in [-0.4, -0.2) is 26.8 Å². The molecule has 4 heterocycles. The van der Waals surface area contributed by atoms with E-state index in [1.54, 1.807) is 43.6 Å². The van der Waals surface area contributed by atoms with Crippen LogP contribution in [0.25, 0.3) is 33.1 Å². The Morgan fingerprint density at radius 1 is 0.909 bits per heavy atom. The zero-order valence-corrected chi connectivity index (χ0v) is 18.2. The number of nitrogens with one attached hydrogen (secondary N) is 2. The number of amides is 2. The SMILES string of the molecule is Cc1nc(-c2ccccn2)sc1C(=O)NNC(=O)c1cc(-c2ccco2)nc2ccccc12. The summed E-state index contributed by atoms with van der Waals surface area (Å²) in [7, 11) is 0. The summed E-state index contributed by atoms with van der Waals surface area (Å²) in [6, 6.07) is 17.9. The smallest absolute Gasteiger partial charge is 0.281 e. The largest absolute Gasteiger partial charge is 0.463 e. The minimum atomic E-state index is -0.470. The molecule has 0 aliphatic heterocycles. The first-order valence-corrected chi connectivity index (χ1v) is 10.8. The van der Waals surface area contributed by atoms with Gasteiger partial charge < -0.3 is 4.42 Å². The topological polar surface area (TPSA) is 110 Å². The van der Waals surface area contributed by atoms with Crippen LogP contribution in [0.4, 0.5) is 0 Å². The van der Waals surface area contributed by atoms with E-state index < -0.39 is 11.8 Å². The molecular formula is C24H17N5O3S. The van der Waals surface area contributed by atoms with Crippen molar-refractivity contribution in [2.75, 3.05) is 0 Å². The highest BCUT2D eigenvalue weighted by Gasteiger charge is 2.19. The van der Waals surface area contributed by atoms with Crippen molar-refractivity contribution in [3.05, 3.63) is 89.3 Å². The second-order valence-corrected chi connectivity index (χ2v) is 8.11. The molecule has 0 radical (unpaired) electrons. The first kappa shape index (κ1) is 20.5. The Hall–Kier alpha value is -4.37. The Morgan fingerprint density at radius 3 is 2.52 bits per heavy atom. The van der Waals surface area contributed by atoms with E-state index in [2.05, 4.69) is 25.8 Å². The highest BCUT2D eigenvalue weighted by Crippen LogP contribution is 2.27. The summed E-state index contributed by atoms with van der Waals surface area (Å²) in [4.78, 5) is 39.4. The third-order valence-corrected chi connectivity index (χ3v) is 6.09. The quantitative estimate of drug-likeness (QED) is 0.389. The second kappa shape index (κ2) is 8.64. The van der Waals surface area contributed by atoms with E-state index in [1.807, 2.05) is 36.4 Å². The van der Waals surface area contributed by atoms with Gasteiger partial charge in [-0.3, -0.25) is 25.4 Å². The molecule has 1 aromatic carbocycles. The predicted octanol–water partition coefficient (Wildman–Crippen LogP) is 4.40. The second-order valence-electron chi connectivity index (χ2n) is 7.11. The summed E-state index contributed by atoms with van der Waals surface area (Å²) in [5.41, 5.74) is 7.76. The number of pyridine rings is 2. The molecule has 162 valence electrons. The molecular weight excluding hydrogens is 438 g/mol. The van der Waals surface area contributed by atoms with E-state index in [4.69, 9.17) is 4.42 Å². The number of carbonyl (C=O) groups excluding carboxylic acids is 2. The van der Waals surface area contributed by atoms with Gasteiger partial charge >= 0.3 is 0 Å². The van der Waals surface area contributed by atoms with Crippen molar-refractivity contribution >= 4 is 34.1 Å². The summed E-state index contributed by atoms with van der Waals surface area (Å²) < 4.78 is 5.44. The summed E-state index contributed by atoms with van der Waals surface area (Å²) in [6.45, 7) is 1.74. The molecule has 0 unspecified atom stereocenters. The fourth-order valence-electron chi connectivity index (χ4n) is 3.36. The number of aromatic nitrogens is 3. The molecule has 8 nitrogen and oxygen atoms in total. The number of furan rings is 1. The molecule has 5 rings (SSSR count). The Balaban J connectivity index is 1.39. The lowest BCUT2D eigenvalue weighted by Gasteiger charge is -2.10. The van der Waals surface area contributed by atoms with Crippen molar-refractivity contribution in [3.8, 4) is 22.2 Å². The molecule has 0 aliphatic carbocycles. The third-order valence-electron chi connectivity index (χ3n) is 4.91. The maximum atomic E-state index is 13.0. The van der Waals surface area contributed by atoms with Gasteiger partial charge in [-0.25, -0.2) is 9.97 Å². The summed E-state index contributed by atoms with van der Waals surface area (Å²) in [5, 5.41) is 1.29. The van der Waals surface area contributed by atoms with E-state index in [0.29, 0.717) is 49.2 Å². The maximum Gasteiger partial charge on any atom is 0.281 e. The standard InChI is InChI=1S/C24H17N5O3S/c1-14-21(33-24(26-14)18-9-4-5-11-25-18)23(31)29-28-22(30)16-13-19(20-10-6-12-32-20)27-17-8-3-2-7-15(16)17/h2-13H,1H3,(H,28,30)(H,29,31). The zero-order valence-electron chi connectivity index (χ0n) is 17.4. The Kier molecular flexibility index (Phi) is 5.37. The van der Waals surface area contributed by atoms with Gasteiger partial charge in [0.1, 0.15) is 15.6 Å². The van der Waals surface area contributed by atoms with E-state index in [1.165, 1.54) is 11.3 Å². The summed E-state index contributed by atoms with van der Waals surface area (Å²) in [5.74, 6) is -0.381. The van der Waals surface area contributed by atoms with E-state index in [-0.39, 0.29) is 0 Å². The van der Waals surface area contributed by atoms with Gasteiger partial charge in [0.05, 0.1) is 28.7 Å². The van der Waals surface area contributed by atoms with Crippen LogP contribution in [0.5, 0.6) is 0 Å². The predicted molar refractivity (Wildman–Crippen MR) is 124 cm³/mol. The molecule has 0 aliphatic rings. The number of rotatable bonds is 4. The van der Waals surface area contributed by atoms with Gasteiger partial charge in [0.15, 0.2) is 5.76 Å². The van der Waals surface area contributed by atoms with Gasteiger partial charge in [-0.1, -0.05) is 24.3 Å². The molecule has 4 aromatic heterocycles. The number of thiazole rings is 1. The number of benzene rings is 1. The van der Waals surface area contributed by atoms with Crippen LogP contribution >= 0.6 is 11.3 Å². The first-order valence-electron chi connectivity index (χ1n) is 10.0. The molecule has 0 saturated heterocycles. The van der Waals surface area contributed by atoms with Crippen molar-refractivity contribution in [2.24, 2.45) is 0 Å². The average molecular weight is 455 g/mol. The fraction of sp³-hybridized carbons (Fsp3) is 0.0417. The number of aryl methyl sites for hydroxylation is 1. The average Bonchev–Trinajstić information content (AvgIpc) is 3.52. The van der Waals surface area contributed by atoms with Gasteiger partial charge in [0.25, 0.3) is 11.8 Å². The van der Waals surface area contributed by atoms with Crippen LogP contribution in [0.1, 0.15) is 25.7 Å². The number of hydrogen-bond acceptors (Lipinski definition) is 7. The van der Waals surface area contributed by atoms with Crippen LogP contribution < -0.4 is 10.9 Å². The molecule has 33 heavy (non-hydrogen) atoms. The minimum absolute atomic E-state index is 0.363. The van der Waals surface area contributed by atoms with Crippen LogP contribution in [0.3, 0.4) is 0 Å². The minimum Gasteiger partial charge on any atom is -0.463 e. The zero-order chi connectivity index (χ0) is 22.8. The summed E-state index contributed by atoms with van der Waals surface area (Å²) >= 11 is 1.21. The lowest BCUT2D eigenvalue weighted by atomic mass is 10.1. The molecule has 2 amide bonds. The number of carbonyl (C=O) groups is 2. The molecule has 0 fully saturated rings. The van der Waals surface area contributed by atoms with Crippen molar-refractivity contribution in [1.82, 2.24) is 25.8 Å². The monoisotopic (exact) mass is 455 g/mol. The fourth-order valence-corrected chi connectivity index (χ4v) is 4.30. The normalized spacial score (nSPS) is 10.8. The van der Waals surface area contributed by atoms with Gasteiger partial charge in [0.2, 0.25) is 0 Å². The van der Waals surface area contributed by atoms with Crippen LogP contribution in [-0.2, 0) is 0 Å². The lowest BCUT2D eigenvalue weighted by Crippen LogP contribution is -2.41. The number of hydrogen-bond donors (Lipinski definition) is 2. The van der Waals surface area contributed by atoms with E-state index in [0.717, 1.165) is 0 Å². The first-order chi connectivity index (χ1) is 16.1. The Morgan fingerprint density at radius 2 is 1.73 bits per heavy atom. The van der Waals surface area contributed by atoms with Gasteiger partial charge in [-0.05, 0) is 43.3 Å². The molecule has 5 aromatic rings. The molecule has 0 saturated carbocycles. The van der Waals surface area contributed by atoms with Gasteiger partial charge in [-0.15, -0.1) is 11.3 Å². The van der Waals surface area contributed by atoms with E-state index in [9.17, 15) is 9.59 Å². The molecule has 9 heteroatoms. The molecule has 0 atom stereocenters. The maximum absolute atomic E-state index is 13.0. The molecule has 0 spiro atoms. The number of fused-ring (bicyclic) bond motifs is 1. The molecule has 2 N–H and O–H groups in total. The highest BCUT2D eigenvalue weighted by atomic mass is 32.1. The Bertz CT molecular complexity index is 1460.